The first-order valence-electron chi connectivity index (χ1n) is 9.87. The predicted molar refractivity (Wildman–Crippen MR) is 113 cm³/mol. The van der Waals surface area contributed by atoms with E-state index in [4.69, 9.17) is 16.6 Å². The molecule has 0 bridgehead atoms. The molecule has 1 fully saturated rings. The van der Waals surface area contributed by atoms with E-state index in [0.29, 0.717) is 5.02 Å². The summed E-state index contributed by atoms with van der Waals surface area (Å²) < 4.78 is 2.29. The van der Waals surface area contributed by atoms with Crippen LogP contribution in [0.4, 0.5) is 5.69 Å². The van der Waals surface area contributed by atoms with Crippen molar-refractivity contribution in [1.82, 2.24) is 14.5 Å². The smallest absolute Gasteiger partial charge is 0.227 e. The van der Waals surface area contributed by atoms with Crippen molar-refractivity contribution in [3.8, 4) is 0 Å². The van der Waals surface area contributed by atoms with Gasteiger partial charge in [-0.1, -0.05) is 23.7 Å². The van der Waals surface area contributed by atoms with Crippen molar-refractivity contribution >= 4 is 34.2 Å². The zero-order valence-electron chi connectivity index (χ0n) is 16.1. The third-order valence-electron chi connectivity index (χ3n) is 5.48. The Morgan fingerprint density at radius 3 is 2.57 bits per heavy atom. The van der Waals surface area contributed by atoms with Crippen LogP contribution in [-0.4, -0.2) is 33.4 Å². The number of anilines is 1. The fourth-order valence-electron chi connectivity index (χ4n) is 3.93. The third kappa shape index (κ3) is 4.05. The Bertz CT molecular complexity index is 958. The van der Waals surface area contributed by atoms with Gasteiger partial charge in [-0.3, -0.25) is 9.69 Å². The van der Waals surface area contributed by atoms with Gasteiger partial charge >= 0.3 is 0 Å². The lowest BCUT2D eigenvalue weighted by atomic mass is 9.96. The number of nitrogens with one attached hydrogen (secondary N) is 1. The van der Waals surface area contributed by atoms with Crippen LogP contribution in [0.5, 0.6) is 0 Å². The van der Waals surface area contributed by atoms with Gasteiger partial charge in [-0.25, -0.2) is 4.98 Å². The number of aryl methyl sites for hydroxylation is 1. The second-order valence-corrected chi connectivity index (χ2v) is 7.74. The minimum atomic E-state index is 0.0527. The molecule has 28 heavy (non-hydrogen) atoms. The monoisotopic (exact) mass is 396 g/mol. The summed E-state index contributed by atoms with van der Waals surface area (Å²) in [5.41, 5.74) is 3.04. The molecule has 0 aliphatic carbocycles. The highest BCUT2D eigenvalue weighted by molar-refractivity contribution is 6.30. The molecule has 4 rings (SSSR count). The van der Waals surface area contributed by atoms with Crippen LogP contribution >= 0.6 is 11.6 Å². The summed E-state index contributed by atoms with van der Waals surface area (Å²) in [5, 5.41) is 3.68. The lowest BCUT2D eigenvalue weighted by molar-refractivity contribution is -0.121. The van der Waals surface area contributed by atoms with Gasteiger partial charge in [0.15, 0.2) is 0 Å². The summed E-state index contributed by atoms with van der Waals surface area (Å²) in [7, 11) is 0. The number of hydrogen-bond donors (Lipinski definition) is 1. The molecule has 3 aromatic rings. The number of aromatic nitrogens is 2. The molecule has 146 valence electrons. The topological polar surface area (TPSA) is 50.2 Å². The zero-order chi connectivity index (χ0) is 19.5. The minimum absolute atomic E-state index is 0.0527. The molecule has 1 saturated heterocycles. The molecule has 2 aromatic carbocycles. The first kappa shape index (κ1) is 19.0. The maximum Gasteiger partial charge on any atom is 0.227 e. The van der Waals surface area contributed by atoms with E-state index in [1.165, 1.54) is 5.52 Å². The molecule has 1 aromatic heterocycles. The number of hydrogen-bond acceptors (Lipinski definition) is 3. The van der Waals surface area contributed by atoms with Gasteiger partial charge in [0.2, 0.25) is 5.91 Å². The summed E-state index contributed by atoms with van der Waals surface area (Å²) in [5.74, 6) is 1.26. The molecule has 0 radical (unpaired) electrons. The zero-order valence-corrected chi connectivity index (χ0v) is 16.8. The highest BCUT2D eigenvalue weighted by Crippen LogP contribution is 2.23. The van der Waals surface area contributed by atoms with Crippen LogP contribution in [0.15, 0.2) is 48.5 Å². The van der Waals surface area contributed by atoms with Crippen LogP contribution in [0, 0.1) is 5.92 Å². The van der Waals surface area contributed by atoms with Gasteiger partial charge in [-0.05, 0) is 69.3 Å². The number of carbonyl (C=O) groups excluding carboxylic acids is 1. The molecule has 0 saturated carbocycles. The Hall–Kier alpha value is -2.37. The summed E-state index contributed by atoms with van der Waals surface area (Å²) in [6, 6.07) is 15.5. The lowest BCUT2D eigenvalue weighted by Crippen LogP contribution is -2.38. The number of fused-ring (bicyclic) bond motifs is 1. The number of piperidine rings is 1. The number of imidazole rings is 1. The number of rotatable bonds is 5. The van der Waals surface area contributed by atoms with Crippen molar-refractivity contribution in [2.45, 2.75) is 32.9 Å². The summed E-state index contributed by atoms with van der Waals surface area (Å²) in [6.45, 7) is 5.71. The van der Waals surface area contributed by atoms with Crippen LogP contribution in [0.25, 0.3) is 11.0 Å². The Kier molecular flexibility index (Phi) is 5.64. The first-order chi connectivity index (χ1) is 13.6. The number of amides is 1. The largest absolute Gasteiger partial charge is 0.327 e. The van der Waals surface area contributed by atoms with Crippen molar-refractivity contribution in [2.75, 3.05) is 18.4 Å². The number of likely N-dealkylation sites (tertiary alicyclic amines) is 1. The second-order valence-electron chi connectivity index (χ2n) is 7.31. The molecule has 1 aliphatic rings. The maximum atomic E-state index is 12.6. The van der Waals surface area contributed by atoms with E-state index in [1.807, 2.05) is 18.2 Å². The van der Waals surface area contributed by atoms with Gasteiger partial charge in [0, 0.05) is 23.2 Å². The Balaban J connectivity index is 1.35. The van der Waals surface area contributed by atoms with Crippen molar-refractivity contribution in [3.63, 3.8) is 0 Å². The van der Waals surface area contributed by atoms with E-state index in [-0.39, 0.29) is 11.8 Å². The van der Waals surface area contributed by atoms with E-state index < -0.39 is 0 Å². The van der Waals surface area contributed by atoms with Gasteiger partial charge < -0.3 is 9.88 Å². The highest BCUT2D eigenvalue weighted by Gasteiger charge is 2.26. The summed E-state index contributed by atoms with van der Waals surface area (Å²) in [6.07, 6.45) is 1.73. The maximum absolute atomic E-state index is 12.6. The molecule has 1 N–H and O–H groups in total. The average molecular weight is 397 g/mol. The van der Waals surface area contributed by atoms with Crippen molar-refractivity contribution in [2.24, 2.45) is 5.92 Å². The number of benzene rings is 2. The molecule has 0 spiro atoms. The van der Waals surface area contributed by atoms with E-state index in [9.17, 15) is 4.79 Å². The van der Waals surface area contributed by atoms with Crippen LogP contribution in [0.1, 0.15) is 25.6 Å². The Morgan fingerprint density at radius 2 is 1.86 bits per heavy atom. The quantitative estimate of drug-likeness (QED) is 0.687. The number of nitrogens with zero attached hydrogens (tertiary/aromatic N) is 3. The van der Waals surface area contributed by atoms with Crippen LogP contribution in [0.2, 0.25) is 5.02 Å². The van der Waals surface area contributed by atoms with Crippen molar-refractivity contribution < 1.29 is 4.79 Å². The normalized spacial score (nSPS) is 15.8. The number of carbonyl (C=O) groups is 1. The van der Waals surface area contributed by atoms with Crippen molar-refractivity contribution in [3.05, 3.63) is 59.4 Å². The van der Waals surface area contributed by atoms with Crippen LogP contribution in [0.3, 0.4) is 0 Å². The summed E-state index contributed by atoms with van der Waals surface area (Å²) in [4.78, 5) is 19.8. The number of para-hydroxylation sites is 2. The van der Waals surface area contributed by atoms with Gasteiger partial charge in [0.25, 0.3) is 0 Å². The molecular formula is C22H25ClN4O. The highest BCUT2D eigenvalue weighted by atomic mass is 35.5. The molecule has 5 nitrogen and oxygen atoms in total. The molecular weight excluding hydrogens is 372 g/mol. The van der Waals surface area contributed by atoms with Crippen LogP contribution in [-0.2, 0) is 17.9 Å². The fraction of sp³-hybridized carbons (Fsp3) is 0.364. The minimum Gasteiger partial charge on any atom is -0.327 e. The molecule has 0 atom stereocenters. The SMILES string of the molecule is CCn1c(CN2CCC(C(=O)Nc3ccc(Cl)cc3)CC2)nc2ccccc21. The van der Waals surface area contributed by atoms with E-state index in [2.05, 4.69) is 39.9 Å². The standard InChI is InChI=1S/C22H25ClN4O/c1-2-27-20-6-4-3-5-19(20)25-21(27)15-26-13-11-16(12-14-26)22(28)24-18-9-7-17(23)8-10-18/h3-10,16H,2,11-15H2,1H3,(H,24,28). The van der Waals surface area contributed by atoms with E-state index in [0.717, 1.165) is 56.0 Å². The molecule has 0 unspecified atom stereocenters. The molecule has 2 heterocycles. The van der Waals surface area contributed by atoms with Gasteiger partial charge in [0.05, 0.1) is 17.6 Å². The average Bonchev–Trinajstić information content (AvgIpc) is 3.07. The molecule has 6 heteroatoms. The third-order valence-corrected chi connectivity index (χ3v) is 5.74. The second kappa shape index (κ2) is 8.33. The molecule has 1 aliphatic heterocycles. The fourth-order valence-corrected chi connectivity index (χ4v) is 4.06. The summed E-state index contributed by atoms with van der Waals surface area (Å²) >= 11 is 5.90. The van der Waals surface area contributed by atoms with Crippen LogP contribution < -0.4 is 5.32 Å². The lowest BCUT2D eigenvalue weighted by Gasteiger charge is -2.31. The van der Waals surface area contributed by atoms with Gasteiger partial charge in [0.1, 0.15) is 5.82 Å². The first-order valence-corrected chi connectivity index (χ1v) is 10.2. The van der Waals surface area contributed by atoms with Gasteiger partial charge in [-0.15, -0.1) is 0 Å². The Morgan fingerprint density at radius 1 is 1.14 bits per heavy atom. The van der Waals surface area contributed by atoms with E-state index >= 15 is 0 Å². The van der Waals surface area contributed by atoms with Crippen molar-refractivity contribution in [1.29, 1.82) is 0 Å². The Labute approximate surface area is 170 Å². The number of halogens is 1. The van der Waals surface area contributed by atoms with E-state index in [1.54, 1.807) is 12.1 Å². The van der Waals surface area contributed by atoms with Gasteiger partial charge in [-0.2, -0.15) is 0 Å². The predicted octanol–water partition coefficient (Wildman–Crippen LogP) is 4.56. The molecule has 1 amide bonds.